The van der Waals surface area contributed by atoms with Gasteiger partial charge < -0.3 is 10.2 Å². The first-order chi connectivity index (χ1) is 11.8. The van der Waals surface area contributed by atoms with Crippen molar-refractivity contribution in [3.8, 4) is 0 Å². The van der Waals surface area contributed by atoms with Crippen LogP contribution in [0.4, 0.5) is 18.9 Å². The smallest absolute Gasteiger partial charge is 0.244 e. The van der Waals surface area contributed by atoms with E-state index in [-0.39, 0.29) is 30.5 Å². The average molecular weight is 350 g/mol. The molecular formula is C18H17F3N2O2. The SMILES string of the molecule is CC(=O)N(CCc1ccc(F)cc1)CC(=O)Nc1ccc(F)cc1F. The van der Waals surface area contributed by atoms with Gasteiger partial charge in [0.15, 0.2) is 0 Å². The van der Waals surface area contributed by atoms with E-state index in [2.05, 4.69) is 5.32 Å². The third-order valence-electron chi connectivity index (χ3n) is 3.57. The summed E-state index contributed by atoms with van der Waals surface area (Å²) >= 11 is 0. The van der Waals surface area contributed by atoms with Gasteiger partial charge in [-0.2, -0.15) is 0 Å². The van der Waals surface area contributed by atoms with Crippen molar-refractivity contribution in [2.24, 2.45) is 0 Å². The molecule has 2 aromatic carbocycles. The molecule has 0 unspecified atom stereocenters. The third kappa shape index (κ3) is 5.63. The van der Waals surface area contributed by atoms with Gasteiger partial charge in [-0.3, -0.25) is 9.59 Å². The highest BCUT2D eigenvalue weighted by molar-refractivity contribution is 5.94. The highest BCUT2D eigenvalue weighted by atomic mass is 19.1. The van der Waals surface area contributed by atoms with Crippen molar-refractivity contribution in [1.29, 1.82) is 0 Å². The maximum atomic E-state index is 13.5. The van der Waals surface area contributed by atoms with E-state index in [1.807, 2.05) is 0 Å². The maximum Gasteiger partial charge on any atom is 0.244 e. The Morgan fingerprint density at radius 3 is 2.24 bits per heavy atom. The molecule has 1 N–H and O–H groups in total. The van der Waals surface area contributed by atoms with Crippen LogP contribution in [0.25, 0.3) is 0 Å². The van der Waals surface area contributed by atoms with E-state index in [4.69, 9.17) is 0 Å². The van der Waals surface area contributed by atoms with Gasteiger partial charge in [0.1, 0.15) is 17.5 Å². The van der Waals surface area contributed by atoms with Crippen LogP contribution in [0, 0.1) is 17.5 Å². The zero-order valence-corrected chi connectivity index (χ0v) is 13.6. The van der Waals surface area contributed by atoms with Gasteiger partial charge in [0.25, 0.3) is 0 Å². The lowest BCUT2D eigenvalue weighted by atomic mass is 10.1. The summed E-state index contributed by atoms with van der Waals surface area (Å²) in [6, 6.07) is 8.63. The Bertz CT molecular complexity index is 763. The molecule has 0 spiro atoms. The second-order valence-electron chi connectivity index (χ2n) is 5.49. The lowest BCUT2D eigenvalue weighted by molar-refractivity contribution is -0.132. The van der Waals surface area contributed by atoms with Crippen molar-refractivity contribution in [3.05, 3.63) is 65.5 Å². The van der Waals surface area contributed by atoms with Crippen LogP contribution in [0.15, 0.2) is 42.5 Å². The second kappa shape index (κ2) is 8.32. The molecule has 132 valence electrons. The number of carbonyl (C=O) groups is 2. The van der Waals surface area contributed by atoms with E-state index in [1.165, 1.54) is 24.0 Å². The molecular weight excluding hydrogens is 333 g/mol. The zero-order chi connectivity index (χ0) is 18.4. The molecule has 0 heterocycles. The molecule has 0 aliphatic heterocycles. The fraction of sp³-hybridized carbons (Fsp3) is 0.222. The van der Waals surface area contributed by atoms with Crippen molar-refractivity contribution >= 4 is 17.5 Å². The molecule has 0 radical (unpaired) electrons. The van der Waals surface area contributed by atoms with Gasteiger partial charge in [-0.15, -0.1) is 0 Å². The maximum absolute atomic E-state index is 13.5. The van der Waals surface area contributed by atoms with Gasteiger partial charge in [0.05, 0.1) is 12.2 Å². The Morgan fingerprint density at radius 1 is 1.00 bits per heavy atom. The molecule has 2 aromatic rings. The summed E-state index contributed by atoms with van der Waals surface area (Å²) in [4.78, 5) is 25.0. The van der Waals surface area contributed by atoms with Gasteiger partial charge in [0.2, 0.25) is 11.8 Å². The summed E-state index contributed by atoms with van der Waals surface area (Å²) in [5, 5.41) is 2.30. The highest BCUT2D eigenvalue weighted by Gasteiger charge is 2.15. The van der Waals surface area contributed by atoms with Crippen LogP contribution in [0.2, 0.25) is 0 Å². The lowest BCUT2D eigenvalue weighted by Gasteiger charge is -2.20. The number of rotatable bonds is 6. The summed E-state index contributed by atoms with van der Waals surface area (Å²) in [7, 11) is 0. The van der Waals surface area contributed by atoms with Gasteiger partial charge >= 0.3 is 0 Å². The molecule has 0 fully saturated rings. The second-order valence-corrected chi connectivity index (χ2v) is 5.49. The molecule has 25 heavy (non-hydrogen) atoms. The minimum atomic E-state index is -0.894. The number of anilines is 1. The molecule has 0 saturated carbocycles. The number of hydrogen-bond acceptors (Lipinski definition) is 2. The summed E-state index contributed by atoms with van der Waals surface area (Å²) < 4.78 is 39.3. The Labute approximate surface area is 143 Å². The monoisotopic (exact) mass is 350 g/mol. The number of amides is 2. The van der Waals surface area contributed by atoms with Gasteiger partial charge in [-0.05, 0) is 36.2 Å². The Kier molecular flexibility index (Phi) is 6.16. The van der Waals surface area contributed by atoms with Crippen molar-refractivity contribution in [1.82, 2.24) is 4.90 Å². The van der Waals surface area contributed by atoms with Crippen LogP contribution < -0.4 is 5.32 Å². The number of hydrogen-bond donors (Lipinski definition) is 1. The standard InChI is InChI=1S/C18H17F3N2O2/c1-12(24)23(9-8-13-2-4-14(19)5-3-13)11-18(25)22-17-7-6-15(20)10-16(17)21/h2-7,10H,8-9,11H2,1H3,(H,22,25). The number of benzene rings is 2. The average Bonchev–Trinajstić information content (AvgIpc) is 2.55. The number of nitrogens with one attached hydrogen (secondary N) is 1. The van der Waals surface area contributed by atoms with Crippen LogP contribution in [-0.2, 0) is 16.0 Å². The summed E-state index contributed by atoms with van der Waals surface area (Å²) in [6.45, 7) is 1.30. The minimum Gasteiger partial charge on any atom is -0.333 e. The normalized spacial score (nSPS) is 10.4. The first-order valence-corrected chi connectivity index (χ1v) is 7.60. The van der Waals surface area contributed by atoms with E-state index in [1.54, 1.807) is 12.1 Å². The molecule has 0 atom stereocenters. The molecule has 0 aliphatic carbocycles. The summed E-state index contributed by atoms with van der Waals surface area (Å²) in [5.41, 5.74) is 0.658. The molecule has 0 aromatic heterocycles. The quantitative estimate of drug-likeness (QED) is 0.870. The predicted octanol–water partition coefficient (Wildman–Crippen LogP) is 3.13. The van der Waals surface area contributed by atoms with Crippen LogP contribution in [-0.4, -0.2) is 29.8 Å². The van der Waals surface area contributed by atoms with Gasteiger partial charge in [-0.1, -0.05) is 12.1 Å². The fourth-order valence-electron chi connectivity index (χ4n) is 2.22. The number of halogens is 3. The van der Waals surface area contributed by atoms with Crippen molar-refractivity contribution in [3.63, 3.8) is 0 Å². The Morgan fingerprint density at radius 2 is 1.64 bits per heavy atom. The molecule has 0 saturated heterocycles. The highest BCUT2D eigenvalue weighted by Crippen LogP contribution is 2.15. The minimum absolute atomic E-state index is 0.159. The van der Waals surface area contributed by atoms with Crippen LogP contribution >= 0.6 is 0 Å². The van der Waals surface area contributed by atoms with E-state index in [9.17, 15) is 22.8 Å². The van der Waals surface area contributed by atoms with Crippen molar-refractivity contribution in [2.75, 3.05) is 18.4 Å². The zero-order valence-electron chi connectivity index (χ0n) is 13.6. The molecule has 7 heteroatoms. The predicted molar refractivity (Wildman–Crippen MR) is 87.3 cm³/mol. The van der Waals surface area contributed by atoms with E-state index >= 15 is 0 Å². The van der Waals surface area contributed by atoms with Gasteiger partial charge in [0, 0.05) is 19.5 Å². The molecule has 2 rings (SSSR count). The fourth-order valence-corrected chi connectivity index (χ4v) is 2.22. The largest absolute Gasteiger partial charge is 0.333 e. The summed E-state index contributed by atoms with van der Waals surface area (Å²) in [6.07, 6.45) is 0.443. The first kappa shape index (κ1) is 18.5. The van der Waals surface area contributed by atoms with Crippen LogP contribution in [0.5, 0.6) is 0 Å². The van der Waals surface area contributed by atoms with E-state index in [0.29, 0.717) is 12.5 Å². The Hall–Kier alpha value is -2.83. The summed E-state index contributed by atoms with van der Waals surface area (Å²) in [5.74, 6) is -2.92. The first-order valence-electron chi connectivity index (χ1n) is 7.60. The van der Waals surface area contributed by atoms with Crippen molar-refractivity contribution < 1.29 is 22.8 Å². The number of nitrogens with zero attached hydrogens (tertiary/aromatic N) is 1. The molecule has 2 amide bonds. The molecule has 4 nitrogen and oxygen atoms in total. The topological polar surface area (TPSA) is 49.4 Å². The lowest BCUT2D eigenvalue weighted by Crippen LogP contribution is -2.38. The Balaban J connectivity index is 1.94. The molecule has 0 bridgehead atoms. The number of carbonyl (C=O) groups excluding carboxylic acids is 2. The van der Waals surface area contributed by atoms with Crippen molar-refractivity contribution in [2.45, 2.75) is 13.3 Å². The third-order valence-corrected chi connectivity index (χ3v) is 3.57. The van der Waals surface area contributed by atoms with Gasteiger partial charge in [-0.25, -0.2) is 13.2 Å². The van der Waals surface area contributed by atoms with Crippen LogP contribution in [0.1, 0.15) is 12.5 Å². The van der Waals surface area contributed by atoms with E-state index in [0.717, 1.165) is 17.7 Å². The van der Waals surface area contributed by atoms with E-state index < -0.39 is 17.5 Å². The van der Waals surface area contributed by atoms with Crippen LogP contribution in [0.3, 0.4) is 0 Å². The molecule has 0 aliphatic rings.